The molecule has 2 saturated carbocycles. The highest BCUT2D eigenvalue weighted by molar-refractivity contribution is 7.89. The normalized spacial score (nSPS) is 18.4. The van der Waals surface area contributed by atoms with Crippen LogP contribution in [0.2, 0.25) is 0 Å². The van der Waals surface area contributed by atoms with Crippen LogP contribution in [0, 0.1) is 12.8 Å². The van der Waals surface area contributed by atoms with Gasteiger partial charge >= 0.3 is 0 Å². The number of hydrogen-bond acceptors (Lipinski definition) is 2. The molecule has 0 spiro atoms. The lowest BCUT2D eigenvalue weighted by atomic mass is 9.79. The van der Waals surface area contributed by atoms with E-state index in [1.165, 1.54) is 43.2 Å². The summed E-state index contributed by atoms with van der Waals surface area (Å²) in [6.07, 6.45) is 8.22. The van der Waals surface area contributed by atoms with Crippen molar-refractivity contribution in [1.29, 1.82) is 0 Å². The van der Waals surface area contributed by atoms with Crippen molar-refractivity contribution in [3.63, 3.8) is 0 Å². The zero-order valence-corrected chi connectivity index (χ0v) is 23.1. The van der Waals surface area contributed by atoms with Gasteiger partial charge in [-0.1, -0.05) is 66.9 Å². The molecule has 1 N–H and O–H groups in total. The van der Waals surface area contributed by atoms with Crippen LogP contribution in [-0.4, -0.2) is 19.0 Å². The Kier molecular flexibility index (Phi) is 6.85. The van der Waals surface area contributed by atoms with Gasteiger partial charge in [-0.15, -0.1) is 0 Å². The molecule has 0 aliphatic heterocycles. The number of nitrogens with zero attached hydrogens (tertiary/aromatic N) is 1. The van der Waals surface area contributed by atoms with Crippen LogP contribution in [0.15, 0.2) is 29.2 Å². The van der Waals surface area contributed by atoms with Gasteiger partial charge in [-0.25, -0.2) is 13.1 Å². The molecule has 1 aromatic heterocycles. The van der Waals surface area contributed by atoms with Crippen molar-refractivity contribution in [2.24, 2.45) is 5.92 Å². The molecule has 0 atom stereocenters. The van der Waals surface area contributed by atoms with Crippen molar-refractivity contribution < 1.29 is 8.42 Å². The molecule has 2 aliphatic rings. The predicted molar refractivity (Wildman–Crippen MR) is 142 cm³/mol. The van der Waals surface area contributed by atoms with Gasteiger partial charge in [0.2, 0.25) is 10.0 Å². The lowest BCUT2D eigenvalue weighted by Crippen LogP contribution is -2.26. The molecule has 2 fully saturated rings. The lowest BCUT2D eigenvalue weighted by Gasteiger charge is -2.27. The topological polar surface area (TPSA) is 51.1 Å². The number of sulfonamides is 1. The Morgan fingerprint density at radius 1 is 0.853 bits per heavy atom. The van der Waals surface area contributed by atoms with Crippen LogP contribution in [0.1, 0.15) is 103 Å². The highest BCUT2D eigenvalue weighted by Gasteiger charge is 2.32. The standard InChI is InChI=1S/C29H44N2O2S/c1-20-27(34(32,33)30-25-13-14-25)18-26(31(20)19-21-11-9-8-10-12-21)22-15-23(28(2,3)4)17-24(16-22)29(5,6)7/h15-18,21,25,30H,8-14,19H2,1-7H3. The third kappa shape index (κ3) is 5.62. The number of aromatic nitrogens is 1. The summed E-state index contributed by atoms with van der Waals surface area (Å²) < 4.78 is 31.9. The van der Waals surface area contributed by atoms with E-state index in [1.807, 2.05) is 13.0 Å². The van der Waals surface area contributed by atoms with Crippen LogP contribution in [0.25, 0.3) is 11.3 Å². The summed E-state index contributed by atoms with van der Waals surface area (Å²) in [7, 11) is -3.53. The fourth-order valence-electron chi connectivity index (χ4n) is 5.12. The number of rotatable bonds is 6. The fourth-order valence-corrected chi connectivity index (χ4v) is 6.69. The van der Waals surface area contributed by atoms with Gasteiger partial charge in [-0.05, 0) is 84.2 Å². The molecule has 34 heavy (non-hydrogen) atoms. The second-order valence-corrected chi connectivity index (χ2v) is 14.5. The van der Waals surface area contributed by atoms with Crippen molar-refractivity contribution in [3.05, 3.63) is 41.1 Å². The van der Waals surface area contributed by atoms with Crippen LogP contribution in [0.3, 0.4) is 0 Å². The summed E-state index contributed by atoms with van der Waals surface area (Å²) in [5.74, 6) is 0.610. The van der Waals surface area contributed by atoms with Crippen LogP contribution >= 0.6 is 0 Å². The maximum Gasteiger partial charge on any atom is 0.242 e. The Morgan fingerprint density at radius 3 is 1.91 bits per heavy atom. The van der Waals surface area contributed by atoms with E-state index in [1.54, 1.807) is 0 Å². The SMILES string of the molecule is Cc1c(S(=O)(=O)NC2CC2)cc(-c2cc(C(C)(C)C)cc(C(C)(C)C)c2)n1CC1CCCCC1. The Hall–Kier alpha value is -1.59. The average Bonchev–Trinajstić information content (AvgIpc) is 3.48. The molecular formula is C29H44N2O2S. The second kappa shape index (κ2) is 9.13. The zero-order valence-electron chi connectivity index (χ0n) is 22.3. The third-order valence-corrected chi connectivity index (χ3v) is 9.27. The first kappa shape index (κ1) is 25.5. The average molecular weight is 485 g/mol. The highest BCUT2D eigenvalue weighted by atomic mass is 32.2. The quantitative estimate of drug-likeness (QED) is 0.476. The van der Waals surface area contributed by atoms with E-state index in [0.717, 1.165) is 36.3 Å². The van der Waals surface area contributed by atoms with Crippen LogP contribution in [-0.2, 0) is 27.4 Å². The van der Waals surface area contributed by atoms with Crippen molar-refractivity contribution in [1.82, 2.24) is 9.29 Å². The molecule has 2 aliphatic carbocycles. The summed E-state index contributed by atoms with van der Waals surface area (Å²) in [6, 6.07) is 8.94. The van der Waals surface area contributed by atoms with Crippen molar-refractivity contribution >= 4 is 10.0 Å². The summed E-state index contributed by atoms with van der Waals surface area (Å²) >= 11 is 0. The minimum absolute atomic E-state index is 0.00822. The molecule has 4 rings (SSSR count). The summed E-state index contributed by atoms with van der Waals surface area (Å²) in [4.78, 5) is 0.448. The fraction of sp³-hybridized carbons (Fsp3) is 0.655. The largest absolute Gasteiger partial charge is 0.343 e. The van der Waals surface area contributed by atoms with Gasteiger partial charge in [-0.2, -0.15) is 0 Å². The molecule has 188 valence electrons. The van der Waals surface area contributed by atoms with Crippen LogP contribution < -0.4 is 4.72 Å². The van der Waals surface area contributed by atoms with Crippen LogP contribution in [0.5, 0.6) is 0 Å². The first-order valence-corrected chi connectivity index (χ1v) is 14.6. The predicted octanol–water partition coefficient (Wildman–Crippen LogP) is 7.08. The molecule has 1 heterocycles. The minimum atomic E-state index is -3.53. The maximum atomic E-state index is 13.3. The Balaban J connectivity index is 1.88. The summed E-state index contributed by atoms with van der Waals surface area (Å²) in [5.41, 5.74) is 5.63. The first-order chi connectivity index (χ1) is 15.8. The Labute approximate surface area is 207 Å². The molecule has 0 bridgehead atoms. The smallest absolute Gasteiger partial charge is 0.242 e. The van der Waals surface area contributed by atoms with Crippen molar-refractivity contribution in [2.45, 2.75) is 122 Å². The molecule has 0 radical (unpaired) electrons. The van der Waals surface area contributed by atoms with Gasteiger partial charge in [0.1, 0.15) is 4.90 Å². The zero-order chi connectivity index (χ0) is 24.9. The molecule has 0 amide bonds. The van der Waals surface area contributed by atoms with Gasteiger partial charge < -0.3 is 4.57 Å². The van der Waals surface area contributed by atoms with E-state index < -0.39 is 10.0 Å². The highest BCUT2D eigenvalue weighted by Crippen LogP contribution is 2.38. The van der Waals surface area contributed by atoms with Crippen LogP contribution in [0.4, 0.5) is 0 Å². The van der Waals surface area contributed by atoms with E-state index in [-0.39, 0.29) is 16.9 Å². The number of hydrogen-bond donors (Lipinski definition) is 1. The van der Waals surface area contributed by atoms with Crippen molar-refractivity contribution in [3.8, 4) is 11.3 Å². The summed E-state index contributed by atoms with van der Waals surface area (Å²) in [5, 5.41) is 0. The molecule has 2 aromatic rings. The van der Waals surface area contributed by atoms with Gasteiger partial charge in [0.05, 0.1) is 0 Å². The third-order valence-electron chi connectivity index (χ3n) is 7.64. The van der Waals surface area contributed by atoms with Gasteiger partial charge in [0.25, 0.3) is 0 Å². The lowest BCUT2D eigenvalue weighted by molar-refractivity contribution is 0.318. The Bertz CT molecular complexity index is 1100. The van der Waals surface area contributed by atoms with Gasteiger partial charge in [0, 0.05) is 24.0 Å². The first-order valence-electron chi connectivity index (χ1n) is 13.1. The van der Waals surface area contributed by atoms with Gasteiger partial charge in [0.15, 0.2) is 0 Å². The van der Waals surface area contributed by atoms with E-state index in [0.29, 0.717) is 10.8 Å². The molecular weight excluding hydrogens is 440 g/mol. The van der Waals surface area contributed by atoms with Gasteiger partial charge in [-0.3, -0.25) is 0 Å². The molecule has 0 unspecified atom stereocenters. The number of benzene rings is 1. The molecule has 5 heteroatoms. The Morgan fingerprint density at radius 2 is 1.41 bits per heavy atom. The molecule has 0 saturated heterocycles. The second-order valence-electron chi connectivity index (χ2n) is 12.8. The van der Waals surface area contributed by atoms with E-state index in [9.17, 15) is 8.42 Å². The number of nitrogens with one attached hydrogen (secondary N) is 1. The van der Waals surface area contributed by atoms with E-state index in [2.05, 4.69) is 69.0 Å². The monoisotopic (exact) mass is 484 g/mol. The molecule has 4 nitrogen and oxygen atoms in total. The maximum absolute atomic E-state index is 13.3. The van der Waals surface area contributed by atoms with E-state index >= 15 is 0 Å². The van der Waals surface area contributed by atoms with Crippen molar-refractivity contribution in [2.75, 3.05) is 0 Å². The van der Waals surface area contributed by atoms with E-state index in [4.69, 9.17) is 0 Å². The molecule has 1 aromatic carbocycles. The summed E-state index contributed by atoms with van der Waals surface area (Å²) in [6.45, 7) is 16.4. The minimum Gasteiger partial charge on any atom is -0.343 e.